The smallest absolute Gasteiger partial charge is 0.191 e. The topological polar surface area (TPSA) is 54.9 Å². The third-order valence-electron chi connectivity index (χ3n) is 7.22. The molecule has 1 spiro atoms. The summed E-state index contributed by atoms with van der Waals surface area (Å²) >= 11 is 0. The molecule has 0 bridgehead atoms. The van der Waals surface area contributed by atoms with E-state index in [0.717, 1.165) is 42.9 Å². The highest BCUT2D eigenvalue weighted by Crippen LogP contribution is 2.62. The molecule has 28 heavy (non-hydrogen) atoms. The van der Waals surface area contributed by atoms with Crippen LogP contribution in [0.5, 0.6) is 5.75 Å². The van der Waals surface area contributed by atoms with Gasteiger partial charge in [0.15, 0.2) is 5.96 Å². The van der Waals surface area contributed by atoms with Crippen LogP contribution >= 0.6 is 0 Å². The normalized spacial score (nSPS) is 30.3. The van der Waals surface area contributed by atoms with Crippen molar-refractivity contribution >= 4 is 5.96 Å². The van der Waals surface area contributed by atoms with Crippen molar-refractivity contribution in [1.29, 1.82) is 0 Å². The zero-order valence-electron chi connectivity index (χ0n) is 17.0. The van der Waals surface area contributed by atoms with E-state index in [9.17, 15) is 0 Å². The minimum absolute atomic E-state index is 0.364. The van der Waals surface area contributed by atoms with Crippen molar-refractivity contribution in [3.8, 4) is 5.75 Å². The van der Waals surface area contributed by atoms with Gasteiger partial charge in [-0.05, 0) is 51.0 Å². The van der Waals surface area contributed by atoms with Crippen LogP contribution in [0.15, 0.2) is 29.3 Å². The van der Waals surface area contributed by atoms with Crippen LogP contribution < -0.4 is 15.4 Å². The van der Waals surface area contributed by atoms with Gasteiger partial charge < -0.3 is 20.1 Å². The SMILES string of the molecule is CCNC(=NCc1ccccc1OCC1CC1)NC1C2CCOC2C12CCC2. The van der Waals surface area contributed by atoms with Crippen molar-refractivity contribution in [3.63, 3.8) is 0 Å². The molecule has 152 valence electrons. The van der Waals surface area contributed by atoms with Crippen molar-refractivity contribution in [2.24, 2.45) is 22.2 Å². The van der Waals surface area contributed by atoms with E-state index < -0.39 is 0 Å². The lowest BCUT2D eigenvalue weighted by molar-refractivity contribution is -0.171. The number of hydrogen-bond acceptors (Lipinski definition) is 3. The number of guanidine groups is 1. The first kappa shape index (κ1) is 18.3. The number of fused-ring (bicyclic) bond motifs is 2. The number of rotatable bonds is 7. The van der Waals surface area contributed by atoms with Crippen molar-refractivity contribution in [2.75, 3.05) is 19.8 Å². The number of para-hydroxylation sites is 1. The molecule has 2 N–H and O–H groups in total. The van der Waals surface area contributed by atoms with Gasteiger partial charge in [-0.25, -0.2) is 4.99 Å². The fourth-order valence-corrected chi connectivity index (χ4v) is 5.35. The Morgan fingerprint density at radius 3 is 2.86 bits per heavy atom. The third-order valence-corrected chi connectivity index (χ3v) is 7.22. The van der Waals surface area contributed by atoms with E-state index in [4.69, 9.17) is 14.5 Å². The highest BCUT2D eigenvalue weighted by Gasteiger charge is 2.66. The number of nitrogens with one attached hydrogen (secondary N) is 2. The predicted octanol–water partition coefficient (Wildman–Crippen LogP) is 3.49. The summed E-state index contributed by atoms with van der Waals surface area (Å²) in [5.74, 6) is 3.33. The summed E-state index contributed by atoms with van der Waals surface area (Å²) < 4.78 is 12.1. The lowest BCUT2D eigenvalue weighted by Gasteiger charge is -2.63. The minimum Gasteiger partial charge on any atom is -0.493 e. The van der Waals surface area contributed by atoms with E-state index >= 15 is 0 Å². The molecule has 3 aliphatic carbocycles. The Kier molecular flexibility index (Phi) is 4.95. The summed E-state index contributed by atoms with van der Waals surface area (Å²) in [5, 5.41) is 7.24. The van der Waals surface area contributed by atoms with Crippen LogP contribution in [0.3, 0.4) is 0 Å². The number of benzene rings is 1. The van der Waals surface area contributed by atoms with Crippen molar-refractivity contribution in [3.05, 3.63) is 29.8 Å². The Hall–Kier alpha value is -1.75. The highest BCUT2D eigenvalue weighted by molar-refractivity contribution is 5.80. The van der Waals surface area contributed by atoms with Gasteiger partial charge in [-0.15, -0.1) is 0 Å². The average Bonchev–Trinajstić information content (AvgIpc) is 3.40. The molecule has 5 rings (SSSR count). The van der Waals surface area contributed by atoms with Gasteiger partial charge in [-0.2, -0.15) is 0 Å². The lowest BCUT2D eigenvalue weighted by Crippen LogP contribution is -2.72. The third kappa shape index (κ3) is 3.28. The molecule has 4 fully saturated rings. The summed E-state index contributed by atoms with van der Waals surface area (Å²) in [7, 11) is 0. The molecule has 0 radical (unpaired) electrons. The quantitative estimate of drug-likeness (QED) is 0.559. The first-order valence-electron chi connectivity index (χ1n) is 11.2. The Morgan fingerprint density at radius 2 is 2.11 bits per heavy atom. The van der Waals surface area contributed by atoms with Crippen LogP contribution in [0.1, 0.15) is 51.0 Å². The van der Waals surface area contributed by atoms with Crippen LogP contribution in [-0.2, 0) is 11.3 Å². The van der Waals surface area contributed by atoms with Gasteiger partial charge in [0.2, 0.25) is 0 Å². The van der Waals surface area contributed by atoms with Crippen molar-refractivity contribution < 1.29 is 9.47 Å². The van der Waals surface area contributed by atoms with E-state index in [-0.39, 0.29) is 0 Å². The second-order valence-electron chi connectivity index (χ2n) is 9.01. The van der Waals surface area contributed by atoms with Crippen molar-refractivity contribution in [2.45, 2.75) is 64.1 Å². The van der Waals surface area contributed by atoms with E-state index in [0.29, 0.717) is 30.0 Å². The molecule has 1 aromatic rings. The molecule has 1 heterocycles. The predicted molar refractivity (Wildman–Crippen MR) is 111 cm³/mol. The maximum absolute atomic E-state index is 6.06. The molecule has 5 heteroatoms. The van der Waals surface area contributed by atoms with Crippen LogP contribution in [0.2, 0.25) is 0 Å². The van der Waals surface area contributed by atoms with Gasteiger partial charge in [0.1, 0.15) is 5.75 Å². The Labute approximate surface area is 168 Å². The zero-order chi connectivity index (χ0) is 19.0. The van der Waals surface area contributed by atoms with Crippen LogP contribution in [0, 0.1) is 17.3 Å². The van der Waals surface area contributed by atoms with E-state index in [2.05, 4.69) is 35.8 Å². The summed E-state index contributed by atoms with van der Waals surface area (Å²) in [6, 6.07) is 8.84. The van der Waals surface area contributed by atoms with E-state index in [1.165, 1.54) is 38.5 Å². The van der Waals surface area contributed by atoms with Crippen LogP contribution in [0.25, 0.3) is 0 Å². The maximum atomic E-state index is 6.06. The molecule has 3 unspecified atom stereocenters. The average molecular weight is 384 g/mol. The molecule has 3 atom stereocenters. The molecule has 4 aliphatic rings. The second kappa shape index (κ2) is 7.58. The largest absolute Gasteiger partial charge is 0.493 e. The molecular weight excluding hydrogens is 350 g/mol. The second-order valence-corrected chi connectivity index (χ2v) is 9.01. The van der Waals surface area contributed by atoms with Crippen molar-refractivity contribution in [1.82, 2.24) is 10.6 Å². The minimum atomic E-state index is 0.364. The first-order valence-corrected chi connectivity index (χ1v) is 11.2. The van der Waals surface area contributed by atoms with Crippen LogP contribution in [-0.4, -0.2) is 37.9 Å². The molecule has 0 aromatic heterocycles. The molecule has 3 saturated carbocycles. The van der Waals surface area contributed by atoms with Crippen LogP contribution in [0.4, 0.5) is 0 Å². The molecule has 0 amide bonds. The lowest BCUT2D eigenvalue weighted by atomic mass is 9.46. The number of ether oxygens (including phenoxy) is 2. The van der Waals surface area contributed by atoms with E-state index in [1.807, 2.05) is 6.07 Å². The number of hydrogen-bond donors (Lipinski definition) is 2. The van der Waals surface area contributed by atoms with Gasteiger partial charge in [-0.1, -0.05) is 24.6 Å². The Bertz CT molecular complexity index is 726. The highest BCUT2D eigenvalue weighted by atomic mass is 16.5. The molecule has 1 saturated heterocycles. The van der Waals surface area contributed by atoms with Gasteiger partial charge in [0, 0.05) is 36.1 Å². The van der Waals surface area contributed by atoms with E-state index in [1.54, 1.807) is 0 Å². The van der Waals surface area contributed by atoms with Gasteiger partial charge in [0.25, 0.3) is 0 Å². The monoisotopic (exact) mass is 383 g/mol. The Morgan fingerprint density at radius 1 is 1.25 bits per heavy atom. The Balaban J connectivity index is 1.27. The summed E-state index contributed by atoms with van der Waals surface area (Å²) in [5.41, 5.74) is 1.53. The fourth-order valence-electron chi connectivity index (χ4n) is 5.35. The summed E-state index contributed by atoms with van der Waals surface area (Å²) in [4.78, 5) is 4.92. The standard InChI is InChI=1S/C23H33N3O2/c1-2-24-22(26-20-18-10-13-27-21(18)23(20)11-5-12-23)25-14-17-6-3-4-7-19(17)28-15-16-8-9-16/h3-4,6-7,16,18,20-21H,2,5,8-15H2,1H3,(H2,24,25,26). The molecule has 1 aliphatic heterocycles. The zero-order valence-corrected chi connectivity index (χ0v) is 17.0. The molecule has 5 nitrogen and oxygen atoms in total. The summed E-state index contributed by atoms with van der Waals surface area (Å²) in [6.07, 6.45) is 8.21. The molecule has 1 aromatic carbocycles. The maximum Gasteiger partial charge on any atom is 0.191 e. The van der Waals surface area contributed by atoms with Gasteiger partial charge in [-0.3, -0.25) is 0 Å². The molecular formula is C23H33N3O2. The number of nitrogens with zero attached hydrogens (tertiary/aromatic N) is 1. The fraction of sp³-hybridized carbons (Fsp3) is 0.696. The van der Waals surface area contributed by atoms with Gasteiger partial charge in [0.05, 0.1) is 19.3 Å². The summed E-state index contributed by atoms with van der Waals surface area (Å²) in [6.45, 7) is 5.41. The first-order chi connectivity index (χ1) is 13.8. The van der Waals surface area contributed by atoms with Gasteiger partial charge >= 0.3 is 0 Å². The number of aliphatic imine (C=N–C) groups is 1.